The Kier molecular flexibility index (Phi) is 7.45. The summed E-state index contributed by atoms with van der Waals surface area (Å²) >= 11 is 1.52. The van der Waals surface area contributed by atoms with Gasteiger partial charge in [0.25, 0.3) is 0 Å². The smallest absolute Gasteiger partial charge is 0.205 e. The molecule has 2 aromatic rings. The summed E-state index contributed by atoms with van der Waals surface area (Å²) in [5, 5.41) is 4.50. The highest BCUT2D eigenvalue weighted by atomic mass is 32.1. The van der Waals surface area contributed by atoms with E-state index in [1.807, 2.05) is 0 Å². The SMILES string of the molecule is CCNC(=NCCCc1ccccc1)N1CCN(c2nc(CC)ns2)CC1. The summed E-state index contributed by atoms with van der Waals surface area (Å²) in [6.07, 6.45) is 3.05. The Labute approximate surface area is 166 Å². The number of aromatic nitrogens is 2. The Hall–Kier alpha value is -2.15. The lowest BCUT2D eigenvalue weighted by molar-refractivity contribution is 0.372. The lowest BCUT2D eigenvalue weighted by Crippen LogP contribution is -2.52. The number of aliphatic imine (C=N–C) groups is 1. The van der Waals surface area contributed by atoms with E-state index in [-0.39, 0.29) is 0 Å². The highest BCUT2D eigenvalue weighted by Crippen LogP contribution is 2.19. The molecule has 146 valence electrons. The second kappa shape index (κ2) is 10.3. The van der Waals surface area contributed by atoms with Gasteiger partial charge >= 0.3 is 0 Å². The van der Waals surface area contributed by atoms with Crippen molar-refractivity contribution in [2.75, 3.05) is 44.2 Å². The van der Waals surface area contributed by atoms with E-state index in [0.29, 0.717) is 0 Å². The average Bonchev–Trinajstić information content (AvgIpc) is 3.21. The van der Waals surface area contributed by atoms with Crippen LogP contribution < -0.4 is 10.2 Å². The van der Waals surface area contributed by atoms with Gasteiger partial charge in [0, 0.05) is 57.2 Å². The molecule has 1 aromatic heterocycles. The predicted octanol–water partition coefficient (Wildman–Crippen LogP) is 2.82. The Morgan fingerprint density at radius 3 is 2.59 bits per heavy atom. The Morgan fingerprint density at radius 2 is 1.93 bits per heavy atom. The number of piperazine rings is 1. The van der Waals surface area contributed by atoms with E-state index in [9.17, 15) is 0 Å². The summed E-state index contributed by atoms with van der Waals surface area (Å²) in [5.41, 5.74) is 1.38. The van der Waals surface area contributed by atoms with Crippen LogP contribution in [0.4, 0.5) is 5.13 Å². The van der Waals surface area contributed by atoms with Gasteiger partial charge < -0.3 is 15.1 Å². The number of nitrogens with one attached hydrogen (secondary N) is 1. The molecule has 1 aromatic carbocycles. The van der Waals surface area contributed by atoms with Crippen LogP contribution in [-0.4, -0.2) is 59.5 Å². The van der Waals surface area contributed by atoms with Crippen molar-refractivity contribution >= 4 is 22.6 Å². The number of hydrogen-bond donors (Lipinski definition) is 1. The highest BCUT2D eigenvalue weighted by molar-refractivity contribution is 7.09. The first kappa shape index (κ1) is 19.6. The third kappa shape index (κ3) is 5.66. The molecule has 2 heterocycles. The van der Waals surface area contributed by atoms with Crippen LogP contribution >= 0.6 is 11.5 Å². The normalized spacial score (nSPS) is 15.3. The molecule has 0 unspecified atom stereocenters. The van der Waals surface area contributed by atoms with E-state index in [0.717, 1.165) is 75.4 Å². The topological polar surface area (TPSA) is 56.7 Å². The molecule has 0 amide bonds. The Morgan fingerprint density at radius 1 is 1.15 bits per heavy atom. The molecule has 0 radical (unpaired) electrons. The first-order valence-corrected chi connectivity index (χ1v) is 10.7. The number of anilines is 1. The zero-order valence-electron chi connectivity index (χ0n) is 16.4. The molecule has 0 aliphatic carbocycles. The van der Waals surface area contributed by atoms with Crippen LogP contribution in [0.15, 0.2) is 35.3 Å². The van der Waals surface area contributed by atoms with Crippen molar-refractivity contribution in [3.63, 3.8) is 0 Å². The maximum Gasteiger partial charge on any atom is 0.205 e. The van der Waals surface area contributed by atoms with Crippen molar-refractivity contribution in [2.45, 2.75) is 33.1 Å². The lowest BCUT2D eigenvalue weighted by Gasteiger charge is -2.36. The van der Waals surface area contributed by atoms with Gasteiger partial charge in [0.15, 0.2) is 5.96 Å². The van der Waals surface area contributed by atoms with Crippen molar-refractivity contribution < 1.29 is 0 Å². The average molecular weight is 387 g/mol. The molecule has 1 fully saturated rings. The molecule has 1 saturated heterocycles. The fourth-order valence-corrected chi connectivity index (χ4v) is 3.97. The second-order valence-corrected chi connectivity index (χ2v) is 7.38. The molecule has 0 saturated carbocycles. The first-order valence-electron chi connectivity index (χ1n) is 9.95. The van der Waals surface area contributed by atoms with Crippen molar-refractivity contribution in [3.05, 3.63) is 41.7 Å². The van der Waals surface area contributed by atoms with Crippen molar-refractivity contribution in [1.29, 1.82) is 0 Å². The van der Waals surface area contributed by atoms with Crippen LogP contribution in [0.25, 0.3) is 0 Å². The highest BCUT2D eigenvalue weighted by Gasteiger charge is 2.21. The number of rotatable bonds is 7. The van der Waals surface area contributed by atoms with E-state index in [1.54, 1.807) is 0 Å². The van der Waals surface area contributed by atoms with Gasteiger partial charge in [-0.3, -0.25) is 4.99 Å². The summed E-state index contributed by atoms with van der Waals surface area (Å²) in [4.78, 5) is 14.2. The second-order valence-electron chi connectivity index (χ2n) is 6.65. The van der Waals surface area contributed by atoms with Gasteiger partial charge in [-0.15, -0.1) is 0 Å². The molecule has 1 aliphatic rings. The molecule has 3 rings (SSSR count). The molecule has 0 atom stereocenters. The standard InChI is InChI=1S/C20H30N6S/c1-3-18-23-20(27-24-18)26-15-13-25(14-16-26)19(21-4-2)22-12-8-11-17-9-6-5-7-10-17/h5-7,9-10H,3-4,8,11-16H2,1-2H3,(H,21,22). The molecule has 1 N–H and O–H groups in total. The van der Waals surface area contributed by atoms with E-state index in [4.69, 9.17) is 4.99 Å². The lowest BCUT2D eigenvalue weighted by atomic mass is 10.1. The zero-order chi connectivity index (χ0) is 18.9. The molecule has 0 bridgehead atoms. The fraction of sp³-hybridized carbons (Fsp3) is 0.550. The van der Waals surface area contributed by atoms with E-state index >= 15 is 0 Å². The third-order valence-corrected chi connectivity index (χ3v) is 5.50. The molecular formula is C20H30N6S. The van der Waals surface area contributed by atoms with Gasteiger partial charge in [0.05, 0.1) is 0 Å². The van der Waals surface area contributed by atoms with Gasteiger partial charge in [-0.25, -0.2) is 4.98 Å². The Bertz CT molecular complexity index is 706. The minimum atomic E-state index is 0.855. The quantitative estimate of drug-likeness (QED) is 0.450. The number of benzene rings is 1. The summed E-state index contributed by atoms with van der Waals surface area (Å²) in [6, 6.07) is 10.6. The van der Waals surface area contributed by atoms with Crippen molar-refractivity contribution in [1.82, 2.24) is 19.6 Å². The van der Waals surface area contributed by atoms with E-state index < -0.39 is 0 Å². The minimum Gasteiger partial charge on any atom is -0.357 e. The van der Waals surface area contributed by atoms with Gasteiger partial charge in [0.1, 0.15) is 5.82 Å². The van der Waals surface area contributed by atoms with E-state index in [2.05, 4.69) is 68.7 Å². The van der Waals surface area contributed by atoms with Crippen LogP contribution in [0.2, 0.25) is 0 Å². The van der Waals surface area contributed by atoms with Crippen LogP contribution in [0.5, 0.6) is 0 Å². The molecular weight excluding hydrogens is 356 g/mol. The van der Waals surface area contributed by atoms with Crippen molar-refractivity contribution in [2.24, 2.45) is 4.99 Å². The zero-order valence-corrected chi connectivity index (χ0v) is 17.2. The molecule has 27 heavy (non-hydrogen) atoms. The van der Waals surface area contributed by atoms with Crippen LogP contribution in [0, 0.1) is 0 Å². The molecule has 1 aliphatic heterocycles. The monoisotopic (exact) mass is 386 g/mol. The van der Waals surface area contributed by atoms with Crippen LogP contribution in [-0.2, 0) is 12.8 Å². The van der Waals surface area contributed by atoms with Crippen molar-refractivity contribution in [3.8, 4) is 0 Å². The Balaban J connectivity index is 1.49. The predicted molar refractivity (Wildman–Crippen MR) is 114 cm³/mol. The van der Waals surface area contributed by atoms with Gasteiger partial charge in [-0.1, -0.05) is 37.3 Å². The summed E-state index contributed by atoms with van der Waals surface area (Å²) in [6.45, 7) is 9.84. The maximum absolute atomic E-state index is 4.85. The third-order valence-electron chi connectivity index (χ3n) is 4.69. The van der Waals surface area contributed by atoms with Gasteiger partial charge in [-0.05, 0) is 25.3 Å². The van der Waals surface area contributed by atoms with Crippen LogP contribution in [0.1, 0.15) is 31.7 Å². The van der Waals surface area contributed by atoms with Crippen LogP contribution in [0.3, 0.4) is 0 Å². The number of guanidine groups is 1. The maximum atomic E-state index is 4.85. The number of nitrogens with zero attached hydrogens (tertiary/aromatic N) is 5. The van der Waals surface area contributed by atoms with Gasteiger partial charge in [-0.2, -0.15) is 4.37 Å². The fourth-order valence-electron chi connectivity index (χ4n) is 3.16. The van der Waals surface area contributed by atoms with Gasteiger partial charge in [0.2, 0.25) is 5.13 Å². The summed E-state index contributed by atoms with van der Waals surface area (Å²) in [7, 11) is 0. The molecule has 7 heteroatoms. The largest absolute Gasteiger partial charge is 0.357 e. The number of aryl methyl sites for hydroxylation is 2. The minimum absolute atomic E-state index is 0.855. The molecule has 6 nitrogen and oxygen atoms in total. The summed E-state index contributed by atoms with van der Waals surface area (Å²) in [5.74, 6) is 1.99. The van der Waals surface area contributed by atoms with E-state index in [1.165, 1.54) is 17.1 Å². The first-order chi connectivity index (χ1) is 13.3. The summed E-state index contributed by atoms with van der Waals surface area (Å²) < 4.78 is 4.41. The molecule has 0 spiro atoms. The number of hydrogen-bond acceptors (Lipinski definition) is 5.